The van der Waals surface area contributed by atoms with Crippen LogP contribution < -0.4 is 9.47 Å². The zero-order valence-electron chi connectivity index (χ0n) is 17.0. The van der Waals surface area contributed by atoms with Gasteiger partial charge in [0, 0.05) is 17.7 Å². The van der Waals surface area contributed by atoms with Crippen LogP contribution in [-0.4, -0.2) is 23.1 Å². The summed E-state index contributed by atoms with van der Waals surface area (Å²) in [5.74, 6) is -0.262. The average Bonchev–Trinajstić information content (AvgIpc) is 2.81. The third-order valence-corrected chi connectivity index (χ3v) is 4.57. The Labute approximate surface area is 183 Å². The van der Waals surface area contributed by atoms with Gasteiger partial charge >= 0.3 is 5.97 Å². The Bertz CT molecular complexity index is 1240. The van der Waals surface area contributed by atoms with Crippen LogP contribution in [0.5, 0.6) is 11.5 Å². The molecule has 0 aliphatic carbocycles. The highest BCUT2D eigenvalue weighted by Gasteiger charge is 2.14. The lowest BCUT2D eigenvalue weighted by molar-refractivity contribution is -0.384. The maximum Gasteiger partial charge on any atom is 0.335 e. The van der Waals surface area contributed by atoms with Crippen LogP contribution in [0.15, 0.2) is 66.7 Å². The molecule has 160 valence electrons. The SMILES string of the molecule is COc1cccc(/C=C(/C#N)c2cccc([N+](=O)[O-])c2)c1OCc1cccc(C(=O)O)c1. The number of allylic oxidation sites excluding steroid dienone is 1. The van der Waals surface area contributed by atoms with Gasteiger partial charge in [0.05, 0.1) is 29.2 Å². The van der Waals surface area contributed by atoms with Crippen LogP contribution in [0.1, 0.15) is 27.0 Å². The molecule has 0 spiro atoms. The summed E-state index contributed by atoms with van der Waals surface area (Å²) in [6.45, 7) is 0.0705. The van der Waals surface area contributed by atoms with E-state index in [1.165, 1.54) is 37.4 Å². The van der Waals surface area contributed by atoms with Gasteiger partial charge in [-0.3, -0.25) is 10.1 Å². The van der Waals surface area contributed by atoms with E-state index in [9.17, 15) is 20.2 Å². The summed E-state index contributed by atoms with van der Waals surface area (Å²) in [5, 5.41) is 29.9. The second-order valence-electron chi connectivity index (χ2n) is 6.65. The van der Waals surface area contributed by atoms with Crippen molar-refractivity contribution < 1.29 is 24.3 Å². The van der Waals surface area contributed by atoms with Crippen molar-refractivity contribution in [2.24, 2.45) is 0 Å². The Morgan fingerprint density at radius 1 is 1.12 bits per heavy atom. The van der Waals surface area contributed by atoms with Gasteiger partial charge in [0.2, 0.25) is 0 Å². The first-order valence-electron chi connectivity index (χ1n) is 9.41. The van der Waals surface area contributed by atoms with Crippen LogP contribution in [0, 0.1) is 21.4 Å². The summed E-state index contributed by atoms with van der Waals surface area (Å²) in [5.41, 5.74) is 1.80. The first-order valence-corrected chi connectivity index (χ1v) is 9.41. The summed E-state index contributed by atoms with van der Waals surface area (Å²) in [4.78, 5) is 21.7. The van der Waals surface area contributed by atoms with Gasteiger partial charge < -0.3 is 14.6 Å². The monoisotopic (exact) mass is 430 g/mol. The number of hydrogen-bond acceptors (Lipinski definition) is 6. The number of nitro benzene ring substituents is 1. The zero-order chi connectivity index (χ0) is 23.1. The number of carbonyl (C=O) groups is 1. The molecule has 0 bridgehead atoms. The molecule has 32 heavy (non-hydrogen) atoms. The van der Waals surface area contributed by atoms with Crippen LogP contribution >= 0.6 is 0 Å². The number of nitro groups is 1. The van der Waals surface area contributed by atoms with E-state index in [1.54, 1.807) is 42.5 Å². The maximum absolute atomic E-state index is 11.2. The third kappa shape index (κ3) is 5.09. The molecule has 8 heteroatoms. The molecule has 0 aromatic heterocycles. The van der Waals surface area contributed by atoms with Crippen molar-refractivity contribution in [2.45, 2.75) is 6.61 Å². The van der Waals surface area contributed by atoms with E-state index in [2.05, 4.69) is 6.07 Å². The predicted octanol–water partition coefficient (Wildman–Crippen LogP) is 4.94. The Kier molecular flexibility index (Phi) is 6.83. The number of hydrogen-bond donors (Lipinski definition) is 1. The van der Waals surface area contributed by atoms with Crippen LogP contribution in [0.3, 0.4) is 0 Å². The number of carboxylic acid groups (broad SMARTS) is 1. The molecule has 3 aromatic carbocycles. The van der Waals surface area contributed by atoms with Crippen molar-refractivity contribution >= 4 is 23.3 Å². The fraction of sp³-hybridized carbons (Fsp3) is 0.0833. The average molecular weight is 430 g/mol. The van der Waals surface area contributed by atoms with Crippen molar-refractivity contribution in [1.82, 2.24) is 0 Å². The fourth-order valence-electron chi connectivity index (χ4n) is 3.03. The van der Waals surface area contributed by atoms with Crippen LogP contribution in [0.4, 0.5) is 5.69 Å². The lowest BCUT2D eigenvalue weighted by atomic mass is 10.0. The molecule has 3 aromatic rings. The zero-order valence-corrected chi connectivity index (χ0v) is 17.0. The Morgan fingerprint density at radius 3 is 2.53 bits per heavy atom. The van der Waals surface area contributed by atoms with E-state index in [4.69, 9.17) is 14.6 Å². The smallest absolute Gasteiger partial charge is 0.335 e. The number of para-hydroxylation sites is 1. The van der Waals surface area contributed by atoms with Crippen LogP contribution in [-0.2, 0) is 6.61 Å². The number of rotatable bonds is 8. The molecule has 8 nitrogen and oxygen atoms in total. The summed E-state index contributed by atoms with van der Waals surface area (Å²) in [6.07, 6.45) is 1.56. The molecule has 1 N–H and O–H groups in total. The molecular formula is C24H18N2O6. The standard InChI is InChI=1S/C24H18N2O6/c1-31-22-10-4-7-18(12-20(14-25)17-6-3-9-21(13-17)26(29)30)23(22)32-15-16-5-2-8-19(11-16)24(27)28/h2-13H,15H2,1H3,(H,27,28)/b20-12-. The topological polar surface area (TPSA) is 123 Å². The Morgan fingerprint density at radius 2 is 1.84 bits per heavy atom. The van der Waals surface area contributed by atoms with E-state index in [-0.39, 0.29) is 23.4 Å². The second kappa shape index (κ2) is 9.91. The number of methoxy groups -OCH3 is 1. The molecule has 0 atom stereocenters. The van der Waals surface area contributed by atoms with E-state index in [1.807, 2.05) is 0 Å². The maximum atomic E-state index is 11.2. The minimum atomic E-state index is -1.04. The molecule has 0 unspecified atom stereocenters. The largest absolute Gasteiger partial charge is 0.493 e. The molecular weight excluding hydrogens is 412 g/mol. The van der Waals surface area contributed by atoms with E-state index in [0.717, 1.165) is 0 Å². The molecule has 0 heterocycles. The van der Waals surface area contributed by atoms with Gasteiger partial charge in [-0.2, -0.15) is 5.26 Å². The quantitative estimate of drug-likeness (QED) is 0.232. The second-order valence-corrected chi connectivity index (χ2v) is 6.65. The van der Waals surface area contributed by atoms with Gasteiger partial charge in [-0.05, 0) is 35.4 Å². The molecule has 0 aliphatic heterocycles. The summed E-state index contributed by atoms with van der Waals surface area (Å²) in [7, 11) is 1.48. The van der Waals surface area contributed by atoms with Gasteiger partial charge in [0.15, 0.2) is 11.5 Å². The van der Waals surface area contributed by atoms with Crippen molar-refractivity contribution in [2.75, 3.05) is 7.11 Å². The summed E-state index contributed by atoms with van der Waals surface area (Å²) >= 11 is 0. The van der Waals surface area contributed by atoms with Crippen molar-refractivity contribution in [3.63, 3.8) is 0 Å². The van der Waals surface area contributed by atoms with E-state index < -0.39 is 10.9 Å². The van der Waals surface area contributed by atoms with Crippen molar-refractivity contribution in [3.05, 3.63) is 99.1 Å². The van der Waals surface area contributed by atoms with Crippen LogP contribution in [0.2, 0.25) is 0 Å². The summed E-state index contributed by atoms with van der Waals surface area (Å²) in [6, 6.07) is 19.4. The predicted molar refractivity (Wildman–Crippen MR) is 117 cm³/mol. The van der Waals surface area contributed by atoms with Gasteiger partial charge in [-0.1, -0.05) is 36.4 Å². The molecule has 0 saturated carbocycles. The summed E-state index contributed by atoms with van der Waals surface area (Å²) < 4.78 is 11.3. The highest BCUT2D eigenvalue weighted by Crippen LogP contribution is 2.34. The number of carboxylic acids is 1. The minimum Gasteiger partial charge on any atom is -0.493 e. The van der Waals surface area contributed by atoms with E-state index in [0.29, 0.717) is 28.2 Å². The molecule has 0 amide bonds. The lowest BCUT2D eigenvalue weighted by Gasteiger charge is -2.14. The Balaban J connectivity index is 1.98. The van der Waals surface area contributed by atoms with Crippen LogP contribution in [0.25, 0.3) is 11.6 Å². The number of ether oxygens (including phenoxy) is 2. The minimum absolute atomic E-state index is 0.0705. The van der Waals surface area contributed by atoms with Crippen molar-refractivity contribution in [3.8, 4) is 17.6 Å². The third-order valence-electron chi connectivity index (χ3n) is 4.57. The van der Waals surface area contributed by atoms with Gasteiger partial charge in [-0.15, -0.1) is 0 Å². The number of non-ortho nitro benzene ring substituents is 1. The first kappa shape index (κ1) is 22.1. The molecule has 0 radical (unpaired) electrons. The number of aromatic carboxylic acids is 1. The molecule has 3 rings (SSSR count). The number of nitriles is 1. The first-order chi connectivity index (χ1) is 15.4. The highest BCUT2D eigenvalue weighted by molar-refractivity contribution is 5.91. The Hall–Kier alpha value is -4.64. The normalized spacial score (nSPS) is 10.8. The van der Waals surface area contributed by atoms with Gasteiger partial charge in [0.25, 0.3) is 5.69 Å². The van der Waals surface area contributed by atoms with Gasteiger partial charge in [0.1, 0.15) is 6.61 Å². The lowest BCUT2D eigenvalue weighted by Crippen LogP contribution is -2.02. The van der Waals surface area contributed by atoms with E-state index >= 15 is 0 Å². The molecule has 0 saturated heterocycles. The number of benzene rings is 3. The number of nitrogens with zero attached hydrogens (tertiary/aromatic N) is 2. The van der Waals surface area contributed by atoms with Crippen molar-refractivity contribution in [1.29, 1.82) is 5.26 Å². The molecule has 0 aliphatic rings. The fourth-order valence-corrected chi connectivity index (χ4v) is 3.03. The van der Waals surface area contributed by atoms with Gasteiger partial charge in [-0.25, -0.2) is 4.79 Å². The highest BCUT2D eigenvalue weighted by atomic mass is 16.6. The molecule has 0 fully saturated rings.